The van der Waals surface area contributed by atoms with Crippen LogP contribution in [-0.2, 0) is 0 Å². The second-order valence-corrected chi connectivity index (χ2v) is 5.15. The molecule has 1 amide bonds. The summed E-state index contributed by atoms with van der Waals surface area (Å²) in [4.78, 5) is 26.8. The van der Waals surface area contributed by atoms with Gasteiger partial charge in [0.05, 0.1) is 10.4 Å². The van der Waals surface area contributed by atoms with Crippen LogP contribution in [0.2, 0.25) is 0 Å². The highest BCUT2D eigenvalue weighted by Crippen LogP contribution is 2.20. The lowest BCUT2D eigenvalue weighted by Crippen LogP contribution is -2.11. The number of hydrogen-bond donors (Lipinski definition) is 2. The third-order valence-corrected chi connectivity index (χ3v) is 3.73. The Labute approximate surface area is 115 Å². The van der Waals surface area contributed by atoms with Gasteiger partial charge in [-0.2, -0.15) is 0 Å². The largest absolute Gasteiger partial charge is 0.478 e. The number of carboxylic acid groups (broad SMARTS) is 1. The lowest BCUT2D eigenvalue weighted by molar-refractivity contribution is 0.0696. The van der Waals surface area contributed by atoms with Crippen molar-refractivity contribution in [3.8, 4) is 0 Å². The molecule has 0 aromatic carbocycles. The number of aromatic nitrogens is 1. The van der Waals surface area contributed by atoms with Gasteiger partial charge >= 0.3 is 5.97 Å². The Bertz CT molecular complexity index is 595. The van der Waals surface area contributed by atoms with Gasteiger partial charge in [0, 0.05) is 16.0 Å². The van der Waals surface area contributed by atoms with Crippen LogP contribution in [0, 0.1) is 0 Å². The molecule has 0 aliphatic heterocycles. The summed E-state index contributed by atoms with van der Waals surface area (Å²) in [6.45, 7) is 0. The van der Waals surface area contributed by atoms with Crippen molar-refractivity contribution >= 4 is 45.0 Å². The first-order chi connectivity index (χ1) is 8.56. The monoisotopic (exact) mass is 326 g/mol. The molecule has 0 saturated heterocycles. The number of amides is 1. The zero-order valence-electron chi connectivity index (χ0n) is 8.88. The number of halogens is 1. The van der Waals surface area contributed by atoms with Crippen molar-refractivity contribution in [2.24, 2.45) is 0 Å². The molecule has 0 unspecified atom stereocenters. The molecule has 2 N–H and O–H groups in total. The number of nitrogens with zero attached hydrogens (tertiary/aromatic N) is 1. The van der Waals surface area contributed by atoms with Crippen molar-refractivity contribution in [2.45, 2.75) is 0 Å². The lowest BCUT2D eigenvalue weighted by Gasteiger charge is -2.02. The first kappa shape index (κ1) is 12.7. The van der Waals surface area contributed by atoms with E-state index in [2.05, 4.69) is 26.2 Å². The third-order valence-electron chi connectivity index (χ3n) is 2.04. The average Bonchev–Trinajstić information content (AvgIpc) is 2.76. The van der Waals surface area contributed by atoms with Crippen LogP contribution in [0.25, 0.3) is 0 Å². The number of rotatable bonds is 3. The van der Waals surface area contributed by atoms with Crippen molar-refractivity contribution in [3.63, 3.8) is 0 Å². The molecule has 2 rings (SSSR count). The number of aromatic carboxylic acids is 1. The summed E-state index contributed by atoms with van der Waals surface area (Å²) in [7, 11) is 0. The van der Waals surface area contributed by atoms with Crippen molar-refractivity contribution < 1.29 is 14.7 Å². The molecule has 5 nitrogen and oxygen atoms in total. The van der Waals surface area contributed by atoms with E-state index in [1.54, 1.807) is 11.4 Å². The summed E-state index contributed by atoms with van der Waals surface area (Å²) in [6, 6.07) is 4.53. The number of carboxylic acids is 1. The number of carbonyl (C=O) groups excluding carboxylic acids is 1. The first-order valence-electron chi connectivity index (χ1n) is 4.81. The molecule has 0 saturated carbocycles. The molecule has 2 aromatic heterocycles. The molecule has 2 heterocycles. The maximum atomic E-state index is 11.8. The summed E-state index contributed by atoms with van der Waals surface area (Å²) >= 11 is 4.56. The van der Waals surface area contributed by atoms with E-state index >= 15 is 0 Å². The first-order valence-corrected chi connectivity index (χ1v) is 6.48. The Morgan fingerprint density at radius 3 is 2.67 bits per heavy atom. The summed E-state index contributed by atoms with van der Waals surface area (Å²) < 4.78 is 0.840. The molecule has 0 fully saturated rings. The fraction of sp³-hybridized carbons (Fsp3) is 0. The molecular weight excluding hydrogens is 320 g/mol. The smallest absolute Gasteiger partial charge is 0.337 e. The van der Waals surface area contributed by atoms with E-state index in [9.17, 15) is 9.59 Å². The number of thiophene rings is 1. The number of carbonyl (C=O) groups is 2. The lowest BCUT2D eigenvalue weighted by atomic mass is 10.3. The van der Waals surface area contributed by atoms with Crippen LogP contribution >= 0.6 is 27.3 Å². The van der Waals surface area contributed by atoms with Gasteiger partial charge in [0.1, 0.15) is 5.82 Å². The second-order valence-electron chi connectivity index (χ2n) is 3.32. The van der Waals surface area contributed by atoms with Crippen molar-refractivity contribution in [3.05, 3.63) is 44.7 Å². The number of nitrogens with one attached hydrogen (secondary N) is 1. The standard InChI is InChI=1S/C11H7BrN2O3S/c12-7-3-8(18-5-7)10(15)14-9-2-1-6(4-13-9)11(16)17/h1-5H,(H,16,17)(H,13,14,15). The van der Waals surface area contributed by atoms with Crippen LogP contribution in [0.1, 0.15) is 20.0 Å². The predicted octanol–water partition coefficient (Wildman–Crippen LogP) is 2.86. The Kier molecular flexibility index (Phi) is 3.73. The SMILES string of the molecule is O=C(O)c1ccc(NC(=O)c2cc(Br)cs2)nc1. The van der Waals surface area contributed by atoms with Gasteiger partial charge in [-0.05, 0) is 34.1 Å². The van der Waals surface area contributed by atoms with E-state index in [1.165, 1.54) is 29.7 Å². The molecule has 0 aliphatic rings. The van der Waals surface area contributed by atoms with Crippen LogP contribution in [0.5, 0.6) is 0 Å². The topological polar surface area (TPSA) is 79.3 Å². The Morgan fingerprint density at radius 1 is 1.39 bits per heavy atom. The maximum absolute atomic E-state index is 11.8. The van der Waals surface area contributed by atoms with Crippen molar-refractivity contribution in [1.82, 2.24) is 4.98 Å². The van der Waals surface area contributed by atoms with Crippen LogP contribution in [0.15, 0.2) is 34.2 Å². The Balaban J connectivity index is 2.10. The second kappa shape index (κ2) is 5.28. The minimum atomic E-state index is -1.05. The summed E-state index contributed by atoms with van der Waals surface area (Å²) in [5.41, 5.74) is 0.0758. The van der Waals surface area contributed by atoms with Gasteiger partial charge in [-0.1, -0.05) is 0 Å². The van der Waals surface area contributed by atoms with Crippen LogP contribution in [0.3, 0.4) is 0 Å². The normalized spacial score (nSPS) is 10.1. The van der Waals surface area contributed by atoms with E-state index in [0.717, 1.165) is 4.47 Å². The van der Waals surface area contributed by atoms with Crippen LogP contribution in [-0.4, -0.2) is 22.0 Å². The van der Waals surface area contributed by atoms with Crippen molar-refractivity contribution in [1.29, 1.82) is 0 Å². The van der Waals surface area contributed by atoms with Gasteiger partial charge < -0.3 is 10.4 Å². The molecule has 18 heavy (non-hydrogen) atoms. The number of hydrogen-bond acceptors (Lipinski definition) is 4. The van der Waals surface area contributed by atoms with Gasteiger partial charge in [-0.25, -0.2) is 9.78 Å². The van der Waals surface area contributed by atoms with E-state index in [4.69, 9.17) is 5.11 Å². The minimum absolute atomic E-state index is 0.0758. The molecular formula is C11H7BrN2O3S. The molecule has 0 bridgehead atoms. The fourth-order valence-electron chi connectivity index (χ4n) is 1.20. The minimum Gasteiger partial charge on any atom is -0.478 e. The molecule has 7 heteroatoms. The molecule has 0 radical (unpaired) electrons. The predicted molar refractivity (Wildman–Crippen MR) is 71.2 cm³/mol. The molecule has 0 aliphatic carbocycles. The van der Waals surface area contributed by atoms with Gasteiger partial charge in [-0.15, -0.1) is 11.3 Å². The highest BCUT2D eigenvalue weighted by molar-refractivity contribution is 9.10. The van der Waals surface area contributed by atoms with E-state index in [0.29, 0.717) is 10.7 Å². The van der Waals surface area contributed by atoms with Gasteiger partial charge in [-0.3, -0.25) is 4.79 Å². The zero-order chi connectivity index (χ0) is 13.1. The highest BCUT2D eigenvalue weighted by atomic mass is 79.9. The van der Waals surface area contributed by atoms with Gasteiger partial charge in [0.2, 0.25) is 0 Å². The summed E-state index contributed by atoms with van der Waals surface area (Å²) in [5, 5.41) is 13.1. The average molecular weight is 327 g/mol. The number of anilines is 1. The van der Waals surface area contributed by atoms with Crippen molar-refractivity contribution in [2.75, 3.05) is 5.32 Å². The Morgan fingerprint density at radius 2 is 2.17 bits per heavy atom. The maximum Gasteiger partial charge on any atom is 0.337 e. The van der Waals surface area contributed by atoms with Gasteiger partial charge in [0.25, 0.3) is 5.91 Å². The third kappa shape index (κ3) is 2.93. The zero-order valence-corrected chi connectivity index (χ0v) is 11.3. The van der Waals surface area contributed by atoms with Crippen LogP contribution < -0.4 is 5.32 Å². The van der Waals surface area contributed by atoms with E-state index < -0.39 is 5.97 Å². The fourth-order valence-corrected chi connectivity index (χ4v) is 2.53. The molecule has 0 atom stereocenters. The Hall–Kier alpha value is -1.73. The highest BCUT2D eigenvalue weighted by Gasteiger charge is 2.10. The summed E-state index contributed by atoms with van der Waals surface area (Å²) in [5.74, 6) is -1.02. The van der Waals surface area contributed by atoms with Gasteiger partial charge in [0.15, 0.2) is 0 Å². The molecule has 92 valence electrons. The summed E-state index contributed by atoms with van der Waals surface area (Å²) in [6.07, 6.45) is 1.20. The molecule has 0 spiro atoms. The number of pyridine rings is 1. The van der Waals surface area contributed by atoms with E-state index in [1.807, 2.05) is 0 Å². The quantitative estimate of drug-likeness (QED) is 0.908. The molecule has 2 aromatic rings. The van der Waals surface area contributed by atoms with E-state index in [-0.39, 0.29) is 11.5 Å². The van der Waals surface area contributed by atoms with Crippen LogP contribution in [0.4, 0.5) is 5.82 Å².